The first-order valence-corrected chi connectivity index (χ1v) is 10.6. The molecule has 0 saturated carbocycles. The molecule has 8 nitrogen and oxygen atoms in total. The highest BCUT2D eigenvalue weighted by molar-refractivity contribution is 6.03. The van der Waals surface area contributed by atoms with E-state index in [2.05, 4.69) is 34.4 Å². The van der Waals surface area contributed by atoms with Crippen molar-refractivity contribution in [1.29, 1.82) is 5.41 Å². The second-order valence-corrected chi connectivity index (χ2v) is 7.53. The van der Waals surface area contributed by atoms with Gasteiger partial charge in [0.1, 0.15) is 11.4 Å². The van der Waals surface area contributed by atoms with Crippen LogP contribution in [0.2, 0.25) is 0 Å². The summed E-state index contributed by atoms with van der Waals surface area (Å²) in [5.74, 6) is 1.27. The molecule has 0 unspecified atom stereocenters. The van der Waals surface area contributed by atoms with Gasteiger partial charge in [-0.15, -0.1) is 0 Å². The number of anilines is 2. The van der Waals surface area contributed by atoms with Crippen LogP contribution in [0.5, 0.6) is 11.6 Å². The van der Waals surface area contributed by atoms with Crippen molar-refractivity contribution in [3.63, 3.8) is 0 Å². The molecule has 0 fully saturated rings. The molecule has 0 radical (unpaired) electrons. The molecule has 32 heavy (non-hydrogen) atoms. The maximum atomic E-state index is 8.35. The van der Waals surface area contributed by atoms with E-state index < -0.39 is 0 Å². The second kappa shape index (κ2) is 10.6. The maximum Gasteiger partial charge on any atom is 0.222 e. The number of aromatic nitrogens is 3. The zero-order valence-corrected chi connectivity index (χ0v) is 19.2. The van der Waals surface area contributed by atoms with Gasteiger partial charge in [0.05, 0.1) is 54.3 Å². The van der Waals surface area contributed by atoms with Crippen molar-refractivity contribution < 1.29 is 9.47 Å². The topological polar surface area (TPSA) is 105 Å². The van der Waals surface area contributed by atoms with Crippen molar-refractivity contribution in [2.45, 2.75) is 40.3 Å². The first-order valence-electron chi connectivity index (χ1n) is 10.6. The van der Waals surface area contributed by atoms with Crippen LogP contribution < -0.4 is 20.1 Å². The Morgan fingerprint density at radius 2 is 1.97 bits per heavy atom. The molecule has 0 aliphatic carbocycles. The lowest BCUT2D eigenvalue weighted by atomic mass is 10.1. The summed E-state index contributed by atoms with van der Waals surface area (Å²) in [5, 5.41) is 15.3. The minimum atomic E-state index is 0.161. The number of pyridine rings is 3. The predicted molar refractivity (Wildman–Crippen MR) is 128 cm³/mol. The average Bonchev–Trinajstić information content (AvgIpc) is 2.78. The van der Waals surface area contributed by atoms with Gasteiger partial charge in [-0.25, -0.2) is 9.97 Å². The molecule has 0 aliphatic heterocycles. The molecule has 3 aromatic rings. The van der Waals surface area contributed by atoms with Crippen LogP contribution in [0.3, 0.4) is 0 Å². The molecule has 8 heteroatoms. The molecule has 0 aromatic carbocycles. The molecule has 0 amide bonds. The first kappa shape index (κ1) is 23.0. The average molecular weight is 435 g/mol. The van der Waals surface area contributed by atoms with E-state index in [4.69, 9.17) is 19.9 Å². The fraction of sp³-hybridized carbons (Fsp3) is 0.333. The van der Waals surface area contributed by atoms with E-state index in [1.807, 2.05) is 37.3 Å². The van der Waals surface area contributed by atoms with E-state index in [0.29, 0.717) is 36.1 Å². The Kier molecular flexibility index (Phi) is 7.59. The molecule has 3 N–H and O–H groups in total. The zero-order chi connectivity index (χ0) is 23.1. The highest BCUT2D eigenvalue weighted by atomic mass is 16.5. The summed E-state index contributed by atoms with van der Waals surface area (Å²) in [6.45, 7) is 8.74. The summed E-state index contributed by atoms with van der Waals surface area (Å²) < 4.78 is 11.0. The van der Waals surface area contributed by atoms with Crippen LogP contribution in [0.15, 0.2) is 42.7 Å². The minimum absolute atomic E-state index is 0.161. The van der Waals surface area contributed by atoms with Crippen molar-refractivity contribution in [3.05, 3.63) is 54.1 Å². The molecule has 3 heterocycles. The number of hydrogen-bond acceptors (Lipinski definition) is 8. The van der Waals surface area contributed by atoms with Crippen LogP contribution in [-0.2, 0) is 6.54 Å². The number of nitrogens with zero attached hydrogens (tertiary/aromatic N) is 3. The molecule has 0 aliphatic rings. The number of rotatable bonds is 10. The van der Waals surface area contributed by atoms with Gasteiger partial charge in [-0.3, -0.25) is 4.98 Å². The Bertz CT molecular complexity index is 1080. The van der Waals surface area contributed by atoms with Gasteiger partial charge < -0.3 is 25.5 Å². The summed E-state index contributed by atoms with van der Waals surface area (Å²) in [6, 6.07) is 9.59. The molecular weight excluding hydrogens is 404 g/mol. The third-order valence-corrected chi connectivity index (χ3v) is 4.62. The molecule has 168 valence electrons. The Hall–Kier alpha value is -3.68. The Balaban J connectivity index is 2.09. The monoisotopic (exact) mass is 434 g/mol. The standard InChI is InChI=1S/C24H30N6O2/c1-6-32-24-19(8-7-10-27-24)20-13-21(23(29-15(2)3)22(30-20)16(4)25)28-14-17-12-18(31-5)9-11-26-17/h7-13,15,25,29H,6,14H2,1-5H3,(H,28,30). The summed E-state index contributed by atoms with van der Waals surface area (Å²) in [5.41, 5.74) is 4.82. The second-order valence-electron chi connectivity index (χ2n) is 7.53. The van der Waals surface area contributed by atoms with E-state index in [0.717, 1.165) is 28.4 Å². The van der Waals surface area contributed by atoms with Gasteiger partial charge in [-0.1, -0.05) is 0 Å². The molecule has 3 aromatic heterocycles. The Labute approximate surface area is 189 Å². The van der Waals surface area contributed by atoms with Gasteiger partial charge in [0.25, 0.3) is 0 Å². The molecule has 0 spiro atoms. The highest BCUT2D eigenvalue weighted by Crippen LogP contribution is 2.34. The Morgan fingerprint density at radius 1 is 1.16 bits per heavy atom. The summed E-state index contributed by atoms with van der Waals surface area (Å²) in [4.78, 5) is 13.6. The first-order chi connectivity index (χ1) is 15.4. The van der Waals surface area contributed by atoms with Crippen LogP contribution in [0.1, 0.15) is 39.1 Å². The number of ether oxygens (including phenoxy) is 2. The smallest absolute Gasteiger partial charge is 0.222 e. The van der Waals surface area contributed by atoms with Gasteiger partial charge in [0.2, 0.25) is 5.88 Å². The lowest BCUT2D eigenvalue weighted by Gasteiger charge is -2.21. The number of hydrogen-bond donors (Lipinski definition) is 3. The van der Waals surface area contributed by atoms with E-state index >= 15 is 0 Å². The fourth-order valence-corrected chi connectivity index (χ4v) is 3.23. The zero-order valence-electron chi connectivity index (χ0n) is 19.2. The van der Waals surface area contributed by atoms with E-state index in [1.165, 1.54) is 0 Å². The van der Waals surface area contributed by atoms with Gasteiger partial charge in [0.15, 0.2) is 0 Å². The van der Waals surface area contributed by atoms with Crippen LogP contribution in [-0.4, -0.2) is 40.4 Å². The van der Waals surface area contributed by atoms with Gasteiger partial charge >= 0.3 is 0 Å². The highest BCUT2D eigenvalue weighted by Gasteiger charge is 2.18. The molecule has 3 rings (SSSR count). The third-order valence-electron chi connectivity index (χ3n) is 4.62. The van der Waals surface area contributed by atoms with Crippen LogP contribution in [0, 0.1) is 5.41 Å². The number of methoxy groups -OCH3 is 1. The summed E-state index contributed by atoms with van der Waals surface area (Å²) in [6.07, 6.45) is 3.41. The van der Waals surface area contributed by atoms with Crippen LogP contribution in [0.4, 0.5) is 11.4 Å². The molecule has 0 saturated heterocycles. The fourth-order valence-electron chi connectivity index (χ4n) is 3.23. The quantitative estimate of drug-likeness (QED) is 0.395. The summed E-state index contributed by atoms with van der Waals surface area (Å²) >= 11 is 0. The largest absolute Gasteiger partial charge is 0.497 e. The van der Waals surface area contributed by atoms with Crippen molar-refractivity contribution in [1.82, 2.24) is 15.0 Å². The normalized spacial score (nSPS) is 10.7. The van der Waals surface area contributed by atoms with Crippen LogP contribution in [0.25, 0.3) is 11.3 Å². The molecular formula is C24H30N6O2. The molecule has 0 atom stereocenters. The SMILES string of the molecule is CCOc1ncccc1-c1cc(NCc2cc(OC)ccn2)c(NC(C)C)c(C(C)=N)n1. The van der Waals surface area contributed by atoms with Crippen molar-refractivity contribution in [2.24, 2.45) is 0 Å². The lowest BCUT2D eigenvalue weighted by Crippen LogP contribution is -2.17. The van der Waals surface area contributed by atoms with E-state index in [-0.39, 0.29) is 6.04 Å². The summed E-state index contributed by atoms with van der Waals surface area (Å²) in [7, 11) is 1.63. The predicted octanol–water partition coefficient (Wildman–Crippen LogP) is 4.77. The van der Waals surface area contributed by atoms with E-state index in [9.17, 15) is 0 Å². The minimum Gasteiger partial charge on any atom is -0.497 e. The lowest BCUT2D eigenvalue weighted by molar-refractivity contribution is 0.328. The molecule has 0 bridgehead atoms. The van der Waals surface area contributed by atoms with Crippen molar-refractivity contribution in [3.8, 4) is 22.9 Å². The van der Waals surface area contributed by atoms with E-state index in [1.54, 1.807) is 26.4 Å². The van der Waals surface area contributed by atoms with Gasteiger partial charge in [-0.2, -0.15) is 0 Å². The van der Waals surface area contributed by atoms with Gasteiger partial charge in [0, 0.05) is 24.5 Å². The number of nitrogens with one attached hydrogen (secondary N) is 3. The third kappa shape index (κ3) is 5.51. The van der Waals surface area contributed by atoms with Crippen molar-refractivity contribution in [2.75, 3.05) is 24.4 Å². The maximum absolute atomic E-state index is 8.35. The van der Waals surface area contributed by atoms with Crippen LogP contribution >= 0.6 is 0 Å². The van der Waals surface area contributed by atoms with Crippen molar-refractivity contribution >= 4 is 17.1 Å². The van der Waals surface area contributed by atoms with Gasteiger partial charge in [-0.05, 0) is 52.0 Å². The Morgan fingerprint density at radius 3 is 2.66 bits per heavy atom.